The molecule has 1 saturated heterocycles. The van der Waals surface area contributed by atoms with E-state index in [1.807, 2.05) is 6.20 Å². The van der Waals surface area contributed by atoms with Gasteiger partial charge in [-0.25, -0.2) is 4.98 Å². The van der Waals surface area contributed by atoms with Crippen LogP contribution in [0, 0.1) is 6.92 Å². The molecular formula is C21H30N4O2. The highest BCUT2D eigenvalue weighted by Crippen LogP contribution is 2.25. The fourth-order valence-electron chi connectivity index (χ4n) is 3.20. The van der Waals surface area contributed by atoms with Gasteiger partial charge in [0.15, 0.2) is 5.96 Å². The molecule has 6 nitrogen and oxygen atoms in total. The summed E-state index contributed by atoms with van der Waals surface area (Å²) < 4.78 is 11.9. The SMILES string of the molecule is CN=C(NCc1ncc(C(C)(C)C)o1)N1CCOC(c2ccccc2C)C1. The van der Waals surface area contributed by atoms with Gasteiger partial charge in [-0.1, -0.05) is 45.0 Å². The molecule has 0 radical (unpaired) electrons. The molecule has 0 aliphatic carbocycles. The predicted octanol–water partition coefficient (Wildman–Crippen LogP) is 3.43. The highest BCUT2D eigenvalue weighted by molar-refractivity contribution is 5.79. The molecule has 6 heteroatoms. The van der Waals surface area contributed by atoms with Crippen molar-refractivity contribution in [1.29, 1.82) is 0 Å². The molecule has 1 aliphatic rings. The summed E-state index contributed by atoms with van der Waals surface area (Å²) in [4.78, 5) is 11.1. The molecule has 0 bridgehead atoms. The zero-order valence-corrected chi connectivity index (χ0v) is 17.0. The van der Waals surface area contributed by atoms with Crippen LogP contribution in [0.4, 0.5) is 0 Å². The second-order valence-electron chi connectivity index (χ2n) is 7.93. The van der Waals surface area contributed by atoms with Crippen LogP contribution in [0.2, 0.25) is 0 Å². The zero-order chi connectivity index (χ0) is 19.4. The van der Waals surface area contributed by atoms with Crippen molar-refractivity contribution in [2.45, 2.75) is 45.8 Å². The Morgan fingerprint density at radius 3 is 2.78 bits per heavy atom. The molecule has 1 fully saturated rings. The number of nitrogens with one attached hydrogen (secondary N) is 1. The van der Waals surface area contributed by atoms with Crippen molar-refractivity contribution in [3.63, 3.8) is 0 Å². The van der Waals surface area contributed by atoms with E-state index in [9.17, 15) is 0 Å². The number of hydrogen-bond acceptors (Lipinski definition) is 4. The number of hydrogen-bond donors (Lipinski definition) is 1. The topological polar surface area (TPSA) is 62.9 Å². The first-order valence-corrected chi connectivity index (χ1v) is 9.46. The number of benzene rings is 1. The van der Waals surface area contributed by atoms with Gasteiger partial charge < -0.3 is 19.4 Å². The zero-order valence-electron chi connectivity index (χ0n) is 17.0. The summed E-state index contributed by atoms with van der Waals surface area (Å²) >= 11 is 0. The highest BCUT2D eigenvalue weighted by Gasteiger charge is 2.25. The fourth-order valence-corrected chi connectivity index (χ4v) is 3.20. The smallest absolute Gasteiger partial charge is 0.213 e. The standard InChI is InChI=1S/C21H30N4O2/c1-15-8-6-7-9-16(15)17-14-25(10-11-26-17)20(22-5)24-13-19-23-12-18(27-19)21(2,3)4/h6-9,12,17H,10-11,13-14H2,1-5H3,(H,22,24). The van der Waals surface area contributed by atoms with Crippen LogP contribution >= 0.6 is 0 Å². The molecule has 1 aromatic heterocycles. The van der Waals surface area contributed by atoms with Crippen molar-refractivity contribution in [2.75, 3.05) is 26.7 Å². The van der Waals surface area contributed by atoms with Crippen molar-refractivity contribution in [1.82, 2.24) is 15.2 Å². The van der Waals surface area contributed by atoms with E-state index in [0.29, 0.717) is 19.0 Å². The first-order chi connectivity index (χ1) is 12.9. The molecule has 1 atom stereocenters. The third-order valence-electron chi connectivity index (χ3n) is 4.80. The van der Waals surface area contributed by atoms with E-state index in [1.165, 1.54) is 11.1 Å². The maximum atomic E-state index is 6.02. The predicted molar refractivity (Wildman–Crippen MR) is 107 cm³/mol. The Morgan fingerprint density at radius 2 is 2.11 bits per heavy atom. The molecule has 146 valence electrons. The molecule has 0 saturated carbocycles. The lowest BCUT2D eigenvalue weighted by atomic mass is 9.94. The summed E-state index contributed by atoms with van der Waals surface area (Å²) in [6.45, 7) is 11.2. The van der Waals surface area contributed by atoms with Crippen LogP contribution in [0.15, 0.2) is 39.9 Å². The second kappa shape index (κ2) is 8.13. The molecule has 0 spiro atoms. The third-order valence-corrected chi connectivity index (χ3v) is 4.80. The van der Waals surface area contributed by atoms with Gasteiger partial charge in [-0.2, -0.15) is 0 Å². The van der Waals surface area contributed by atoms with Crippen LogP contribution < -0.4 is 5.32 Å². The number of oxazole rings is 1. The number of morpholine rings is 1. The molecule has 1 N–H and O–H groups in total. The summed E-state index contributed by atoms with van der Waals surface area (Å²) in [5, 5.41) is 3.37. The maximum absolute atomic E-state index is 6.02. The molecular weight excluding hydrogens is 340 g/mol. The van der Waals surface area contributed by atoms with Crippen LogP contribution in [0.3, 0.4) is 0 Å². The van der Waals surface area contributed by atoms with E-state index in [2.05, 4.69) is 72.2 Å². The first kappa shape index (κ1) is 19.4. The Hall–Kier alpha value is -2.34. The van der Waals surface area contributed by atoms with Crippen LogP contribution in [0.1, 0.15) is 49.7 Å². The lowest BCUT2D eigenvalue weighted by molar-refractivity contribution is -0.00837. The normalized spacial score (nSPS) is 18.6. The van der Waals surface area contributed by atoms with Gasteiger partial charge in [-0.05, 0) is 18.1 Å². The van der Waals surface area contributed by atoms with Crippen LogP contribution in [0.25, 0.3) is 0 Å². The van der Waals surface area contributed by atoms with Crippen molar-refractivity contribution in [3.05, 3.63) is 53.2 Å². The summed E-state index contributed by atoms with van der Waals surface area (Å²) in [5.74, 6) is 2.40. The van der Waals surface area contributed by atoms with Crippen molar-refractivity contribution < 1.29 is 9.15 Å². The summed E-state index contributed by atoms with van der Waals surface area (Å²) in [6.07, 6.45) is 1.86. The Kier molecular flexibility index (Phi) is 5.85. The Morgan fingerprint density at radius 1 is 1.33 bits per heavy atom. The number of guanidine groups is 1. The Bertz CT molecular complexity index is 791. The molecule has 27 heavy (non-hydrogen) atoms. The van der Waals surface area contributed by atoms with Crippen LogP contribution in [-0.4, -0.2) is 42.6 Å². The fraction of sp³-hybridized carbons (Fsp3) is 0.524. The van der Waals surface area contributed by atoms with Gasteiger partial charge in [-0.3, -0.25) is 4.99 Å². The molecule has 2 aromatic rings. The molecule has 2 heterocycles. The van der Waals surface area contributed by atoms with Gasteiger partial charge in [0.1, 0.15) is 11.9 Å². The van der Waals surface area contributed by atoms with Crippen LogP contribution in [0.5, 0.6) is 0 Å². The average molecular weight is 370 g/mol. The number of ether oxygens (including phenoxy) is 1. The van der Waals surface area contributed by atoms with E-state index >= 15 is 0 Å². The number of aromatic nitrogens is 1. The van der Waals surface area contributed by atoms with Crippen LogP contribution in [-0.2, 0) is 16.7 Å². The second-order valence-corrected chi connectivity index (χ2v) is 7.93. The number of aryl methyl sites for hydroxylation is 1. The van der Waals surface area contributed by atoms with Crippen molar-refractivity contribution >= 4 is 5.96 Å². The first-order valence-electron chi connectivity index (χ1n) is 9.46. The molecule has 0 amide bonds. The van der Waals surface area contributed by atoms with Gasteiger partial charge in [0, 0.05) is 19.0 Å². The van der Waals surface area contributed by atoms with Crippen molar-refractivity contribution in [2.24, 2.45) is 4.99 Å². The maximum Gasteiger partial charge on any atom is 0.213 e. The van der Waals surface area contributed by atoms with Gasteiger partial charge in [0.25, 0.3) is 0 Å². The monoisotopic (exact) mass is 370 g/mol. The minimum absolute atomic E-state index is 0.0438. The number of rotatable bonds is 3. The Labute approximate surface area is 161 Å². The largest absolute Gasteiger partial charge is 0.443 e. The van der Waals surface area contributed by atoms with E-state index in [-0.39, 0.29) is 11.5 Å². The minimum Gasteiger partial charge on any atom is -0.443 e. The van der Waals surface area contributed by atoms with E-state index in [4.69, 9.17) is 9.15 Å². The quantitative estimate of drug-likeness (QED) is 0.662. The number of aliphatic imine (C=N–C) groups is 1. The molecule has 3 rings (SSSR count). The molecule has 1 aliphatic heterocycles. The summed E-state index contributed by atoms with van der Waals surface area (Å²) in [6, 6.07) is 8.38. The summed E-state index contributed by atoms with van der Waals surface area (Å²) in [7, 11) is 1.80. The summed E-state index contributed by atoms with van der Waals surface area (Å²) in [5.41, 5.74) is 2.44. The molecule has 1 unspecified atom stereocenters. The third kappa shape index (κ3) is 4.69. The van der Waals surface area contributed by atoms with E-state index < -0.39 is 0 Å². The van der Waals surface area contributed by atoms with Gasteiger partial charge in [0.2, 0.25) is 5.89 Å². The molecule has 1 aromatic carbocycles. The van der Waals surface area contributed by atoms with E-state index in [0.717, 1.165) is 24.8 Å². The van der Waals surface area contributed by atoms with Gasteiger partial charge >= 0.3 is 0 Å². The lowest BCUT2D eigenvalue weighted by Crippen LogP contribution is -2.48. The average Bonchev–Trinajstić information content (AvgIpc) is 3.12. The van der Waals surface area contributed by atoms with Gasteiger partial charge in [0.05, 0.1) is 25.9 Å². The minimum atomic E-state index is -0.0438. The number of nitrogens with zero attached hydrogens (tertiary/aromatic N) is 3. The lowest BCUT2D eigenvalue weighted by Gasteiger charge is -2.35. The van der Waals surface area contributed by atoms with Gasteiger partial charge in [-0.15, -0.1) is 0 Å². The van der Waals surface area contributed by atoms with Crippen molar-refractivity contribution in [3.8, 4) is 0 Å². The highest BCUT2D eigenvalue weighted by atomic mass is 16.5. The Balaban J connectivity index is 1.63. The van der Waals surface area contributed by atoms with E-state index in [1.54, 1.807) is 7.05 Å².